The molecule has 6 nitrogen and oxygen atoms in total. The second-order valence-electron chi connectivity index (χ2n) is 3.49. The molecule has 19 heavy (non-hydrogen) atoms. The molecule has 0 amide bonds. The highest BCUT2D eigenvalue weighted by Crippen LogP contribution is 2.22. The van der Waals surface area contributed by atoms with Crippen LogP contribution in [0.1, 0.15) is 11.1 Å². The van der Waals surface area contributed by atoms with E-state index < -0.39 is 5.97 Å². The molecule has 0 spiro atoms. The first-order chi connectivity index (χ1) is 9.17. The van der Waals surface area contributed by atoms with E-state index in [1.807, 2.05) is 6.07 Å². The van der Waals surface area contributed by atoms with Crippen molar-refractivity contribution in [1.29, 1.82) is 0 Å². The first-order valence-electron chi connectivity index (χ1n) is 5.44. The summed E-state index contributed by atoms with van der Waals surface area (Å²) in [6.45, 7) is 0.267. The summed E-state index contributed by atoms with van der Waals surface area (Å²) < 4.78 is 5.14. The molecule has 1 N–H and O–H groups in total. The molecule has 0 aromatic heterocycles. The Bertz CT molecular complexity index is 558. The molecule has 0 aliphatic carbocycles. The zero-order valence-electron chi connectivity index (χ0n) is 10.4. The van der Waals surface area contributed by atoms with Gasteiger partial charge in [-0.1, -0.05) is 23.3 Å². The van der Waals surface area contributed by atoms with Gasteiger partial charge >= 0.3 is 5.97 Å². The SMILES string of the molecule is COc1ccc(C=CCN=[N+]=[N-])cc1/C=C/C(=O)O. The summed E-state index contributed by atoms with van der Waals surface area (Å²) >= 11 is 0. The van der Waals surface area contributed by atoms with Crippen molar-refractivity contribution in [3.63, 3.8) is 0 Å². The zero-order chi connectivity index (χ0) is 14.1. The standard InChI is InChI=1S/C13H13N3O3/c1-19-12-6-4-10(3-2-8-15-16-14)9-11(12)5-7-13(17)18/h2-7,9H,8H2,1H3,(H,17,18)/b3-2?,7-5+. The molecule has 1 rings (SSSR count). The van der Waals surface area contributed by atoms with Gasteiger partial charge in [0.05, 0.1) is 7.11 Å². The van der Waals surface area contributed by atoms with Crippen molar-refractivity contribution in [2.45, 2.75) is 0 Å². The number of hydrogen-bond donors (Lipinski definition) is 1. The Balaban J connectivity index is 2.97. The molecule has 1 aromatic carbocycles. The molecule has 0 saturated heterocycles. The maximum atomic E-state index is 10.5. The number of benzene rings is 1. The van der Waals surface area contributed by atoms with Crippen LogP contribution in [0.15, 0.2) is 35.5 Å². The number of rotatable bonds is 6. The van der Waals surface area contributed by atoms with E-state index in [4.69, 9.17) is 15.4 Å². The maximum absolute atomic E-state index is 10.5. The summed E-state index contributed by atoms with van der Waals surface area (Å²) in [5.41, 5.74) is 9.66. The molecule has 0 saturated carbocycles. The van der Waals surface area contributed by atoms with Gasteiger partial charge in [-0.25, -0.2) is 4.79 Å². The molecule has 0 heterocycles. The van der Waals surface area contributed by atoms with Gasteiger partial charge in [-0.3, -0.25) is 0 Å². The lowest BCUT2D eigenvalue weighted by atomic mass is 10.1. The van der Waals surface area contributed by atoms with Crippen molar-refractivity contribution in [3.05, 3.63) is 51.9 Å². The third kappa shape index (κ3) is 4.97. The number of carboxylic acid groups (broad SMARTS) is 1. The van der Waals surface area contributed by atoms with Crippen molar-refractivity contribution >= 4 is 18.1 Å². The molecule has 0 fully saturated rings. The summed E-state index contributed by atoms with van der Waals surface area (Å²) in [7, 11) is 1.52. The van der Waals surface area contributed by atoms with Gasteiger partial charge in [-0.05, 0) is 29.3 Å². The van der Waals surface area contributed by atoms with E-state index in [2.05, 4.69) is 10.0 Å². The van der Waals surface area contributed by atoms with E-state index in [1.165, 1.54) is 13.2 Å². The van der Waals surface area contributed by atoms with E-state index in [0.717, 1.165) is 11.6 Å². The minimum Gasteiger partial charge on any atom is -0.496 e. The van der Waals surface area contributed by atoms with E-state index in [0.29, 0.717) is 11.3 Å². The average molecular weight is 259 g/mol. The maximum Gasteiger partial charge on any atom is 0.328 e. The number of ether oxygens (including phenoxy) is 1. The molecule has 0 bridgehead atoms. The Hall–Kier alpha value is -2.72. The number of aliphatic carboxylic acids is 1. The van der Waals surface area contributed by atoms with Gasteiger partial charge in [0.2, 0.25) is 0 Å². The Morgan fingerprint density at radius 2 is 2.32 bits per heavy atom. The van der Waals surface area contributed by atoms with E-state index in [-0.39, 0.29) is 6.54 Å². The summed E-state index contributed by atoms with van der Waals surface area (Å²) in [4.78, 5) is 13.2. The smallest absolute Gasteiger partial charge is 0.328 e. The fourth-order valence-electron chi connectivity index (χ4n) is 1.42. The van der Waals surface area contributed by atoms with Gasteiger partial charge in [0.25, 0.3) is 0 Å². The van der Waals surface area contributed by atoms with Crippen LogP contribution in [0.2, 0.25) is 0 Å². The van der Waals surface area contributed by atoms with Crippen molar-refractivity contribution in [2.75, 3.05) is 13.7 Å². The Labute approximate surface area is 110 Å². The summed E-state index contributed by atoms with van der Waals surface area (Å²) in [5, 5.41) is 12.0. The highest BCUT2D eigenvalue weighted by molar-refractivity contribution is 5.86. The normalized spacial score (nSPS) is 10.6. The number of carboxylic acids is 1. The van der Waals surface area contributed by atoms with Crippen LogP contribution in [0.5, 0.6) is 5.75 Å². The van der Waals surface area contributed by atoms with Crippen LogP contribution in [-0.2, 0) is 4.79 Å². The number of hydrogen-bond acceptors (Lipinski definition) is 3. The van der Waals surface area contributed by atoms with Crippen molar-refractivity contribution in [2.24, 2.45) is 5.11 Å². The Morgan fingerprint density at radius 3 is 2.95 bits per heavy atom. The van der Waals surface area contributed by atoms with Crippen LogP contribution < -0.4 is 4.74 Å². The molecule has 0 radical (unpaired) electrons. The molecule has 1 aromatic rings. The predicted molar refractivity (Wildman–Crippen MR) is 72.7 cm³/mol. The molecule has 0 unspecified atom stereocenters. The summed E-state index contributed by atoms with van der Waals surface area (Å²) in [5.74, 6) is -0.434. The van der Waals surface area contributed by atoms with E-state index in [9.17, 15) is 4.79 Å². The Kier molecular flexibility index (Phi) is 5.72. The van der Waals surface area contributed by atoms with Gasteiger partial charge in [-0.2, -0.15) is 0 Å². The van der Waals surface area contributed by atoms with Crippen LogP contribution in [0.3, 0.4) is 0 Å². The second kappa shape index (κ2) is 7.58. The van der Waals surface area contributed by atoms with E-state index >= 15 is 0 Å². The van der Waals surface area contributed by atoms with Crippen LogP contribution in [0.25, 0.3) is 22.6 Å². The molecular weight excluding hydrogens is 246 g/mol. The third-order valence-corrected chi connectivity index (χ3v) is 2.22. The second-order valence-corrected chi connectivity index (χ2v) is 3.49. The largest absolute Gasteiger partial charge is 0.496 e. The average Bonchev–Trinajstić information content (AvgIpc) is 2.41. The first kappa shape index (κ1) is 14.3. The lowest BCUT2D eigenvalue weighted by Gasteiger charge is -2.05. The molecule has 0 aliphatic heterocycles. The van der Waals surface area contributed by atoms with Gasteiger partial charge in [0.15, 0.2) is 0 Å². The topological polar surface area (TPSA) is 95.3 Å². The van der Waals surface area contributed by atoms with Crippen molar-refractivity contribution in [3.8, 4) is 5.75 Å². The zero-order valence-corrected chi connectivity index (χ0v) is 10.4. The monoisotopic (exact) mass is 259 g/mol. The highest BCUT2D eigenvalue weighted by atomic mass is 16.5. The summed E-state index contributed by atoms with van der Waals surface area (Å²) in [6.07, 6.45) is 6.01. The van der Waals surface area contributed by atoms with Gasteiger partial charge < -0.3 is 9.84 Å². The molecule has 0 aliphatic rings. The highest BCUT2D eigenvalue weighted by Gasteiger charge is 2.00. The molecular formula is C13H13N3O3. The van der Waals surface area contributed by atoms with Crippen molar-refractivity contribution in [1.82, 2.24) is 0 Å². The van der Waals surface area contributed by atoms with Crippen LogP contribution in [0, 0.1) is 0 Å². The predicted octanol–water partition coefficient (Wildman–Crippen LogP) is 3.12. The number of azide groups is 1. The lowest BCUT2D eigenvalue weighted by molar-refractivity contribution is -0.131. The van der Waals surface area contributed by atoms with E-state index in [1.54, 1.807) is 24.3 Å². The lowest BCUT2D eigenvalue weighted by Crippen LogP contribution is -1.90. The minimum absolute atomic E-state index is 0.267. The molecule has 0 atom stereocenters. The number of methoxy groups -OCH3 is 1. The quantitative estimate of drug-likeness (QED) is 0.368. The molecule has 98 valence electrons. The van der Waals surface area contributed by atoms with Gasteiger partial charge in [0, 0.05) is 23.1 Å². The minimum atomic E-state index is -1.02. The molecule has 6 heteroatoms. The van der Waals surface area contributed by atoms with Gasteiger partial charge in [-0.15, -0.1) is 0 Å². The van der Waals surface area contributed by atoms with Gasteiger partial charge in [0.1, 0.15) is 5.75 Å². The first-order valence-corrected chi connectivity index (χ1v) is 5.44. The number of nitrogens with zero attached hydrogens (tertiary/aromatic N) is 3. The Morgan fingerprint density at radius 1 is 1.53 bits per heavy atom. The number of carbonyl (C=O) groups is 1. The van der Waals surface area contributed by atoms with Crippen LogP contribution in [-0.4, -0.2) is 24.7 Å². The fourth-order valence-corrected chi connectivity index (χ4v) is 1.42. The summed E-state index contributed by atoms with van der Waals surface area (Å²) in [6, 6.07) is 5.35. The fraction of sp³-hybridized carbons (Fsp3) is 0.154. The van der Waals surface area contributed by atoms with Crippen LogP contribution in [0.4, 0.5) is 0 Å². The van der Waals surface area contributed by atoms with Crippen LogP contribution >= 0.6 is 0 Å². The third-order valence-electron chi connectivity index (χ3n) is 2.22. The van der Waals surface area contributed by atoms with Crippen molar-refractivity contribution < 1.29 is 14.6 Å².